The van der Waals surface area contributed by atoms with Gasteiger partial charge in [0.2, 0.25) is 5.91 Å². The van der Waals surface area contributed by atoms with E-state index in [1.807, 2.05) is 0 Å². The molecule has 9 heteroatoms. The van der Waals surface area contributed by atoms with Gasteiger partial charge in [0, 0.05) is 0 Å². The molecule has 0 bridgehead atoms. The summed E-state index contributed by atoms with van der Waals surface area (Å²) in [4.78, 5) is 46.9. The summed E-state index contributed by atoms with van der Waals surface area (Å²) in [6.07, 6.45) is 0.677. The fourth-order valence-electron chi connectivity index (χ4n) is 1.79. The van der Waals surface area contributed by atoms with Crippen LogP contribution in [0.2, 0.25) is 0 Å². The Hall–Kier alpha value is -1.60. The summed E-state index contributed by atoms with van der Waals surface area (Å²) in [7, 11) is 0. The zero-order chi connectivity index (χ0) is 16.3. The first-order valence-corrected chi connectivity index (χ1v) is 6.92. The average Bonchev–Trinajstić information content (AvgIpc) is 2.61. The third kappa shape index (κ3) is 3.54. The van der Waals surface area contributed by atoms with E-state index in [2.05, 4.69) is 5.32 Å². The van der Waals surface area contributed by atoms with Crippen molar-refractivity contribution in [3.05, 3.63) is 10.1 Å². The second-order valence-corrected chi connectivity index (χ2v) is 5.21. The number of rotatable bonds is 6. The summed E-state index contributed by atoms with van der Waals surface area (Å²) in [5.41, 5.74) is 0. The Kier molecular flexibility index (Phi) is 5.74. The van der Waals surface area contributed by atoms with Gasteiger partial charge in [0.25, 0.3) is 11.8 Å². The van der Waals surface area contributed by atoms with Crippen molar-refractivity contribution in [3.8, 4) is 0 Å². The maximum atomic E-state index is 12.0. The van der Waals surface area contributed by atoms with E-state index in [4.69, 9.17) is 23.2 Å². The van der Waals surface area contributed by atoms with Gasteiger partial charge in [0.1, 0.15) is 16.1 Å². The minimum absolute atomic E-state index is 0.169. The van der Waals surface area contributed by atoms with Crippen molar-refractivity contribution >= 4 is 46.9 Å². The van der Waals surface area contributed by atoms with E-state index in [0.29, 0.717) is 11.3 Å². The summed E-state index contributed by atoms with van der Waals surface area (Å²) >= 11 is 11.1. The summed E-state index contributed by atoms with van der Waals surface area (Å²) in [6, 6.07) is -2.44. The number of hydrogen-bond donors (Lipinski definition) is 1. The van der Waals surface area contributed by atoms with Gasteiger partial charge in [-0.3, -0.25) is 19.3 Å². The smallest absolute Gasteiger partial charge is 0.274 e. The standard InChI is InChI=1S/C12H14Cl2N2O5/c1-3-4-6(12(20)21)15-9(17)5(2)16-10(18)7(13)8(14)11(16)19/h5-6H,3-4H2,1-2H3,(H,15,17)(H,20,21)/p-1/t5-,6+/m1/s1. The minimum atomic E-state index is -1.44. The number of hydrogen-bond acceptors (Lipinski definition) is 5. The fraction of sp³-hybridized carbons (Fsp3) is 0.500. The maximum Gasteiger partial charge on any atom is 0.274 e. The highest BCUT2D eigenvalue weighted by molar-refractivity contribution is 6.58. The molecular formula is C12H13Cl2N2O5-. The lowest BCUT2D eigenvalue weighted by atomic mass is 10.1. The van der Waals surface area contributed by atoms with Gasteiger partial charge in [-0.25, -0.2) is 0 Å². The Morgan fingerprint density at radius 3 is 2.10 bits per heavy atom. The zero-order valence-corrected chi connectivity index (χ0v) is 12.8. The molecule has 0 aliphatic carbocycles. The lowest BCUT2D eigenvalue weighted by Gasteiger charge is -2.25. The van der Waals surface area contributed by atoms with Crippen LogP contribution >= 0.6 is 23.2 Å². The Balaban J connectivity index is 2.83. The SMILES string of the molecule is CCC[C@H](NC(=O)[C@@H](C)N1C(=O)C(Cl)=C(Cl)C1=O)C(=O)[O-]. The highest BCUT2D eigenvalue weighted by Gasteiger charge is 2.42. The van der Waals surface area contributed by atoms with E-state index in [1.54, 1.807) is 6.92 Å². The molecule has 0 aromatic rings. The van der Waals surface area contributed by atoms with Gasteiger partial charge in [-0.2, -0.15) is 0 Å². The quantitative estimate of drug-likeness (QED) is 0.656. The molecule has 21 heavy (non-hydrogen) atoms. The summed E-state index contributed by atoms with van der Waals surface area (Å²) in [5, 5.41) is 12.2. The van der Waals surface area contributed by atoms with Crippen molar-refractivity contribution in [3.63, 3.8) is 0 Å². The monoisotopic (exact) mass is 335 g/mol. The number of halogens is 2. The van der Waals surface area contributed by atoms with Crippen LogP contribution in [-0.2, 0) is 19.2 Å². The van der Waals surface area contributed by atoms with Gasteiger partial charge in [-0.05, 0) is 13.3 Å². The zero-order valence-electron chi connectivity index (χ0n) is 11.3. The van der Waals surface area contributed by atoms with Crippen molar-refractivity contribution in [2.45, 2.75) is 38.8 Å². The lowest BCUT2D eigenvalue weighted by molar-refractivity contribution is -0.308. The molecule has 0 aromatic carbocycles. The van der Waals surface area contributed by atoms with Crippen molar-refractivity contribution < 1.29 is 24.3 Å². The van der Waals surface area contributed by atoms with E-state index in [-0.39, 0.29) is 6.42 Å². The van der Waals surface area contributed by atoms with Gasteiger partial charge in [0.05, 0.1) is 12.0 Å². The van der Waals surface area contributed by atoms with E-state index >= 15 is 0 Å². The first kappa shape index (κ1) is 17.5. The fourth-order valence-corrected chi connectivity index (χ4v) is 2.13. The third-order valence-electron chi connectivity index (χ3n) is 2.95. The predicted molar refractivity (Wildman–Crippen MR) is 71.9 cm³/mol. The number of amides is 3. The van der Waals surface area contributed by atoms with Crippen LogP contribution in [0.4, 0.5) is 0 Å². The number of carboxylic acids is 1. The first-order valence-electron chi connectivity index (χ1n) is 6.16. The molecule has 0 fully saturated rings. The van der Waals surface area contributed by atoms with Gasteiger partial charge in [-0.1, -0.05) is 36.5 Å². The van der Waals surface area contributed by atoms with E-state index in [1.165, 1.54) is 6.92 Å². The number of nitrogens with zero attached hydrogens (tertiary/aromatic N) is 1. The molecular weight excluding hydrogens is 323 g/mol. The van der Waals surface area contributed by atoms with Crippen LogP contribution in [0.15, 0.2) is 10.1 Å². The third-order valence-corrected chi connectivity index (χ3v) is 3.75. The lowest BCUT2D eigenvalue weighted by Crippen LogP contribution is -2.54. The molecule has 2 atom stereocenters. The number of carbonyl (C=O) groups is 4. The second kappa shape index (κ2) is 6.91. The van der Waals surface area contributed by atoms with Gasteiger partial charge >= 0.3 is 0 Å². The largest absolute Gasteiger partial charge is 0.548 e. The Bertz CT molecular complexity index is 508. The highest BCUT2D eigenvalue weighted by atomic mass is 35.5. The van der Waals surface area contributed by atoms with Crippen LogP contribution in [0.5, 0.6) is 0 Å². The van der Waals surface area contributed by atoms with E-state index < -0.39 is 45.8 Å². The second-order valence-electron chi connectivity index (χ2n) is 4.45. The van der Waals surface area contributed by atoms with Crippen LogP contribution in [0.25, 0.3) is 0 Å². The van der Waals surface area contributed by atoms with Crippen LogP contribution < -0.4 is 10.4 Å². The number of carbonyl (C=O) groups excluding carboxylic acids is 4. The number of imide groups is 1. The summed E-state index contributed by atoms with van der Waals surface area (Å²) < 4.78 is 0. The van der Waals surface area contributed by atoms with Crippen LogP contribution in [0.3, 0.4) is 0 Å². The van der Waals surface area contributed by atoms with Crippen molar-refractivity contribution in [2.24, 2.45) is 0 Å². The van der Waals surface area contributed by atoms with Crippen LogP contribution in [0.1, 0.15) is 26.7 Å². The molecule has 0 spiro atoms. The van der Waals surface area contributed by atoms with Crippen LogP contribution in [-0.4, -0.2) is 40.7 Å². The molecule has 0 aromatic heterocycles. The summed E-state index contributed by atoms with van der Waals surface area (Å²) in [5.74, 6) is -4.04. The summed E-state index contributed by atoms with van der Waals surface area (Å²) in [6.45, 7) is 3.01. The molecule has 1 aliphatic heterocycles. The normalized spacial score (nSPS) is 18.0. The molecule has 1 rings (SSSR count). The number of aliphatic carboxylic acids is 1. The molecule has 1 heterocycles. The Morgan fingerprint density at radius 2 is 1.71 bits per heavy atom. The molecule has 0 saturated heterocycles. The maximum absolute atomic E-state index is 12.0. The number of nitrogens with one attached hydrogen (secondary N) is 1. The molecule has 0 radical (unpaired) electrons. The molecule has 0 saturated carbocycles. The van der Waals surface area contributed by atoms with Crippen molar-refractivity contribution in [1.29, 1.82) is 0 Å². The Labute approximate surface area is 130 Å². The molecule has 3 amide bonds. The molecule has 1 aliphatic rings. The van der Waals surface area contributed by atoms with Crippen molar-refractivity contribution in [1.82, 2.24) is 10.2 Å². The highest BCUT2D eigenvalue weighted by Crippen LogP contribution is 2.28. The molecule has 7 nitrogen and oxygen atoms in total. The molecule has 116 valence electrons. The van der Waals surface area contributed by atoms with Crippen LogP contribution in [0, 0.1) is 0 Å². The van der Waals surface area contributed by atoms with Gasteiger partial charge < -0.3 is 15.2 Å². The molecule has 0 unspecified atom stereocenters. The average molecular weight is 336 g/mol. The predicted octanol–water partition coefficient (Wildman–Crippen LogP) is -0.532. The Morgan fingerprint density at radius 1 is 1.24 bits per heavy atom. The minimum Gasteiger partial charge on any atom is -0.548 e. The number of carboxylic acid groups (broad SMARTS) is 1. The van der Waals surface area contributed by atoms with Gasteiger partial charge in [-0.15, -0.1) is 0 Å². The first-order chi connectivity index (χ1) is 9.72. The van der Waals surface area contributed by atoms with Crippen molar-refractivity contribution in [2.75, 3.05) is 0 Å². The molecule has 1 N–H and O–H groups in total. The topological polar surface area (TPSA) is 107 Å². The van der Waals surface area contributed by atoms with E-state index in [9.17, 15) is 24.3 Å². The van der Waals surface area contributed by atoms with E-state index in [0.717, 1.165) is 0 Å². The van der Waals surface area contributed by atoms with Gasteiger partial charge in [0.15, 0.2) is 0 Å².